The number of hydrogen-bond donors (Lipinski definition) is 1. The van der Waals surface area contributed by atoms with Gasteiger partial charge >= 0.3 is 0 Å². The first-order chi connectivity index (χ1) is 18.3. The molecule has 0 aliphatic heterocycles. The van der Waals surface area contributed by atoms with Gasteiger partial charge in [0.05, 0.1) is 5.02 Å². The number of hydrogen-bond acceptors (Lipinski definition) is 5. The first-order valence-electron chi connectivity index (χ1n) is 12.2. The first kappa shape index (κ1) is 25.3. The van der Waals surface area contributed by atoms with E-state index in [9.17, 15) is 9.59 Å². The zero-order valence-corrected chi connectivity index (χ0v) is 22.2. The summed E-state index contributed by atoms with van der Waals surface area (Å²) in [5.74, 6) is 0.595. The van der Waals surface area contributed by atoms with Crippen LogP contribution in [0.2, 0.25) is 5.02 Å². The topological polar surface area (TPSA) is 89.2 Å². The Kier molecular flexibility index (Phi) is 6.78. The van der Waals surface area contributed by atoms with Crippen LogP contribution in [0.25, 0.3) is 28.2 Å². The van der Waals surface area contributed by atoms with Crippen molar-refractivity contribution in [2.24, 2.45) is 0 Å². The van der Waals surface area contributed by atoms with Crippen molar-refractivity contribution in [3.05, 3.63) is 100.0 Å². The molecule has 3 aromatic heterocycles. The summed E-state index contributed by atoms with van der Waals surface area (Å²) >= 11 is 6.33. The van der Waals surface area contributed by atoms with Crippen molar-refractivity contribution in [3.8, 4) is 22.5 Å². The van der Waals surface area contributed by atoms with Gasteiger partial charge < -0.3 is 5.32 Å². The number of nitrogens with one attached hydrogen (secondary N) is 1. The van der Waals surface area contributed by atoms with Crippen molar-refractivity contribution in [2.45, 2.75) is 33.6 Å². The summed E-state index contributed by atoms with van der Waals surface area (Å²) in [7, 11) is 0. The lowest BCUT2D eigenvalue weighted by atomic mass is 9.92. The van der Waals surface area contributed by atoms with Gasteiger partial charge in [-0.3, -0.25) is 14.6 Å². The Bertz CT molecular complexity index is 1690. The minimum absolute atomic E-state index is 0.258. The van der Waals surface area contributed by atoms with Crippen molar-refractivity contribution in [2.75, 3.05) is 5.32 Å². The number of carbonyl (C=O) groups excluding carboxylic acids is 2. The predicted octanol–water partition coefficient (Wildman–Crippen LogP) is 6.92. The van der Waals surface area contributed by atoms with Crippen molar-refractivity contribution in [1.82, 2.24) is 19.6 Å². The van der Waals surface area contributed by atoms with Crippen LogP contribution in [-0.2, 0) is 0 Å². The Hall–Kier alpha value is -4.36. The number of halogens is 1. The lowest BCUT2D eigenvalue weighted by Crippen LogP contribution is -2.14. The number of fused-ring (bicyclic) bond motifs is 1. The number of nitrogens with zero attached hydrogens (tertiary/aromatic N) is 4. The number of anilines is 1. The summed E-state index contributed by atoms with van der Waals surface area (Å²) in [6, 6.07) is 17.0. The van der Waals surface area contributed by atoms with Crippen molar-refractivity contribution in [1.29, 1.82) is 0 Å². The molecule has 0 fully saturated rings. The molecule has 8 heteroatoms. The van der Waals surface area contributed by atoms with Crippen LogP contribution in [-0.4, -0.2) is 31.8 Å². The molecule has 38 heavy (non-hydrogen) atoms. The smallest absolute Gasteiger partial charge is 0.274 e. The molecule has 0 saturated carbocycles. The van der Waals surface area contributed by atoms with Gasteiger partial charge in [0, 0.05) is 29.2 Å². The fraction of sp³-hybridized carbons (Fsp3) is 0.167. The average Bonchev–Trinajstić information content (AvgIpc) is 3.35. The van der Waals surface area contributed by atoms with Crippen LogP contribution >= 0.6 is 11.6 Å². The maximum Gasteiger partial charge on any atom is 0.274 e. The second kappa shape index (κ2) is 10.2. The third-order valence-electron chi connectivity index (χ3n) is 6.68. The van der Waals surface area contributed by atoms with Crippen molar-refractivity contribution < 1.29 is 9.59 Å². The van der Waals surface area contributed by atoms with E-state index in [2.05, 4.69) is 34.2 Å². The van der Waals surface area contributed by atoms with E-state index in [4.69, 9.17) is 11.6 Å². The maximum absolute atomic E-state index is 12.9. The fourth-order valence-electron chi connectivity index (χ4n) is 4.44. The predicted molar refractivity (Wildman–Crippen MR) is 150 cm³/mol. The summed E-state index contributed by atoms with van der Waals surface area (Å²) in [5, 5.41) is 7.95. The lowest BCUT2D eigenvalue weighted by molar-refractivity contribution is 0.102. The SMILES string of the molecule is Cc1c(NC(=O)c2ccc(C(C)C)cn2)cccc1-c1cccc(-c2nc3c(Cl)cc(C=O)cn3n2)c1C. The highest BCUT2D eigenvalue weighted by Gasteiger charge is 2.17. The Balaban J connectivity index is 1.49. The van der Waals surface area contributed by atoms with Gasteiger partial charge in [0.2, 0.25) is 0 Å². The van der Waals surface area contributed by atoms with Crippen molar-refractivity contribution >= 4 is 35.1 Å². The largest absolute Gasteiger partial charge is 0.320 e. The van der Waals surface area contributed by atoms with Gasteiger partial charge in [-0.2, -0.15) is 0 Å². The molecule has 7 nitrogen and oxygen atoms in total. The van der Waals surface area contributed by atoms with Crippen LogP contribution in [0.4, 0.5) is 5.69 Å². The Morgan fingerprint density at radius 3 is 2.39 bits per heavy atom. The van der Waals surface area contributed by atoms with Crippen LogP contribution in [0.5, 0.6) is 0 Å². The monoisotopic (exact) mass is 523 g/mol. The zero-order chi connectivity index (χ0) is 27.0. The van der Waals surface area contributed by atoms with Crippen LogP contribution in [0, 0.1) is 13.8 Å². The highest BCUT2D eigenvalue weighted by molar-refractivity contribution is 6.33. The van der Waals surface area contributed by atoms with Crippen LogP contribution in [0.15, 0.2) is 67.0 Å². The quantitative estimate of drug-likeness (QED) is 0.244. The highest BCUT2D eigenvalue weighted by Crippen LogP contribution is 2.35. The normalized spacial score (nSPS) is 11.2. The van der Waals surface area contributed by atoms with Crippen LogP contribution < -0.4 is 5.32 Å². The molecule has 190 valence electrons. The molecule has 5 rings (SSSR count). The number of rotatable bonds is 6. The van der Waals surface area contributed by atoms with E-state index < -0.39 is 0 Å². The van der Waals surface area contributed by atoms with Gasteiger partial charge in [-0.25, -0.2) is 9.50 Å². The maximum atomic E-state index is 12.9. The van der Waals surface area contributed by atoms with Gasteiger partial charge in [-0.1, -0.05) is 61.8 Å². The second-order valence-electron chi connectivity index (χ2n) is 9.48. The summed E-state index contributed by atoms with van der Waals surface area (Å²) < 4.78 is 1.52. The highest BCUT2D eigenvalue weighted by atomic mass is 35.5. The van der Waals surface area contributed by atoms with E-state index in [1.54, 1.807) is 24.5 Å². The minimum atomic E-state index is -0.258. The molecule has 2 aromatic carbocycles. The number of benzene rings is 2. The second-order valence-corrected chi connectivity index (χ2v) is 9.89. The van der Waals surface area contributed by atoms with Crippen LogP contribution in [0.3, 0.4) is 0 Å². The number of amides is 1. The van der Waals surface area contributed by atoms with Crippen LogP contribution in [0.1, 0.15) is 57.3 Å². The third-order valence-corrected chi connectivity index (χ3v) is 6.96. The summed E-state index contributed by atoms with van der Waals surface area (Å²) in [4.78, 5) is 33.1. The van der Waals surface area contributed by atoms with Crippen molar-refractivity contribution in [3.63, 3.8) is 0 Å². The molecular formula is C30H26ClN5O2. The lowest BCUT2D eigenvalue weighted by Gasteiger charge is -2.16. The standard InChI is InChI=1S/C30H26ClN5O2/c1-17(2)21-11-12-27(32-14-21)30(38)33-26-10-6-8-23(19(26)4)22-7-5-9-24(18(22)3)28-34-29-25(31)13-20(16-37)15-36(29)35-28/h5-17H,1-4H3,(H,33,38). The van der Waals surface area contributed by atoms with E-state index in [0.29, 0.717) is 39.4 Å². The molecule has 0 spiro atoms. The number of pyridine rings is 2. The number of aromatic nitrogens is 4. The molecule has 0 atom stereocenters. The number of carbonyl (C=O) groups is 2. The van der Waals surface area contributed by atoms with E-state index in [-0.39, 0.29) is 5.91 Å². The molecule has 5 aromatic rings. The molecule has 0 unspecified atom stereocenters. The van der Waals surface area contributed by atoms with E-state index in [1.807, 2.05) is 56.3 Å². The molecule has 1 amide bonds. The third kappa shape index (κ3) is 4.68. The van der Waals surface area contributed by atoms with Gasteiger partial charge in [-0.05, 0) is 65.8 Å². The molecule has 0 aliphatic carbocycles. The molecular weight excluding hydrogens is 498 g/mol. The molecule has 0 radical (unpaired) electrons. The summed E-state index contributed by atoms with van der Waals surface area (Å²) in [5.41, 5.74) is 7.80. The van der Waals surface area contributed by atoms with Gasteiger partial charge in [0.1, 0.15) is 5.69 Å². The Labute approximate surface area is 225 Å². The molecule has 0 aliphatic rings. The van der Waals surface area contributed by atoms with Gasteiger partial charge in [-0.15, -0.1) is 5.10 Å². The number of aldehydes is 1. The molecule has 0 bridgehead atoms. The van der Waals surface area contributed by atoms with E-state index in [0.717, 1.165) is 39.7 Å². The summed E-state index contributed by atoms with van der Waals surface area (Å²) in [6.07, 6.45) is 4.08. The minimum Gasteiger partial charge on any atom is -0.320 e. The first-order valence-corrected chi connectivity index (χ1v) is 12.6. The Morgan fingerprint density at radius 2 is 1.71 bits per heavy atom. The molecule has 1 N–H and O–H groups in total. The summed E-state index contributed by atoms with van der Waals surface area (Å²) in [6.45, 7) is 8.18. The molecule has 3 heterocycles. The fourth-order valence-corrected chi connectivity index (χ4v) is 4.70. The average molecular weight is 524 g/mol. The Morgan fingerprint density at radius 1 is 1.00 bits per heavy atom. The molecule has 0 saturated heterocycles. The van der Waals surface area contributed by atoms with E-state index in [1.165, 1.54) is 4.52 Å². The zero-order valence-electron chi connectivity index (χ0n) is 21.5. The van der Waals surface area contributed by atoms with E-state index >= 15 is 0 Å². The van der Waals surface area contributed by atoms with Gasteiger partial charge in [0.15, 0.2) is 17.8 Å². The van der Waals surface area contributed by atoms with Gasteiger partial charge in [0.25, 0.3) is 5.91 Å².